The van der Waals surface area contributed by atoms with Gasteiger partial charge in [0, 0.05) is 12.6 Å². The van der Waals surface area contributed by atoms with Gasteiger partial charge in [0.1, 0.15) is 11.5 Å². The second kappa shape index (κ2) is 8.73. The largest absolute Gasteiger partial charge is 0.497 e. The minimum absolute atomic E-state index is 0.00218. The van der Waals surface area contributed by atoms with Gasteiger partial charge in [-0.05, 0) is 42.2 Å². The number of nitrogens with zero attached hydrogens (tertiary/aromatic N) is 2. The highest BCUT2D eigenvalue weighted by Gasteiger charge is 2.28. The molecule has 0 spiro atoms. The average Bonchev–Trinajstić information content (AvgIpc) is 2.78. The Hall–Kier alpha value is -3.74. The van der Waals surface area contributed by atoms with E-state index in [-0.39, 0.29) is 30.2 Å². The van der Waals surface area contributed by atoms with Gasteiger partial charge in [0.2, 0.25) is 5.95 Å². The Balaban J connectivity index is 1.44. The number of carbonyl (C=O) groups excluding carboxylic acids is 2. The lowest BCUT2D eigenvalue weighted by atomic mass is 9.82. The predicted molar refractivity (Wildman–Crippen MR) is 111 cm³/mol. The molecule has 1 amide bonds. The fourth-order valence-electron chi connectivity index (χ4n) is 3.44. The second-order valence-electron chi connectivity index (χ2n) is 7.01. The van der Waals surface area contributed by atoms with Crippen molar-refractivity contribution in [3.63, 3.8) is 0 Å². The highest BCUT2D eigenvalue weighted by molar-refractivity contribution is 5.99. The first-order valence-electron chi connectivity index (χ1n) is 9.63. The van der Waals surface area contributed by atoms with Crippen molar-refractivity contribution < 1.29 is 19.1 Å². The third-order valence-electron chi connectivity index (χ3n) is 4.99. The minimum Gasteiger partial charge on any atom is -0.497 e. The molecule has 4 rings (SSSR count). The zero-order valence-electron chi connectivity index (χ0n) is 16.5. The third-order valence-corrected chi connectivity index (χ3v) is 4.99. The molecule has 1 aromatic heterocycles. The zero-order valence-corrected chi connectivity index (χ0v) is 16.5. The predicted octanol–water partition coefficient (Wildman–Crippen LogP) is 3.42. The number of amides is 1. The van der Waals surface area contributed by atoms with Crippen molar-refractivity contribution in [2.24, 2.45) is 0 Å². The van der Waals surface area contributed by atoms with E-state index in [0.717, 1.165) is 11.3 Å². The van der Waals surface area contributed by atoms with E-state index in [1.807, 2.05) is 42.5 Å². The van der Waals surface area contributed by atoms with Gasteiger partial charge >= 0.3 is 0 Å². The van der Waals surface area contributed by atoms with Gasteiger partial charge in [0.25, 0.3) is 5.91 Å². The number of Topliss-reactive ketones (excluding diaryl/α,β-unsaturated/α-hetero) is 1. The number of hydrogen-bond acceptors (Lipinski definition) is 6. The van der Waals surface area contributed by atoms with Gasteiger partial charge in [-0.1, -0.05) is 30.3 Å². The number of nitrogens with one attached hydrogen (secondary N) is 1. The first-order valence-corrected chi connectivity index (χ1v) is 9.63. The van der Waals surface area contributed by atoms with Crippen molar-refractivity contribution in [2.75, 3.05) is 19.0 Å². The fraction of sp³-hybridized carbons (Fsp3) is 0.217. The van der Waals surface area contributed by atoms with Crippen LogP contribution < -0.4 is 14.8 Å². The van der Waals surface area contributed by atoms with E-state index in [1.54, 1.807) is 19.2 Å². The van der Waals surface area contributed by atoms with Crippen molar-refractivity contribution in [2.45, 2.75) is 18.8 Å². The molecule has 7 heteroatoms. The Kier molecular flexibility index (Phi) is 5.70. The molecule has 0 bridgehead atoms. The van der Waals surface area contributed by atoms with E-state index in [0.29, 0.717) is 29.8 Å². The highest BCUT2D eigenvalue weighted by Crippen LogP contribution is 2.32. The molecule has 0 saturated carbocycles. The van der Waals surface area contributed by atoms with Crippen molar-refractivity contribution in [1.82, 2.24) is 9.97 Å². The molecule has 1 aliphatic rings. The number of para-hydroxylation sites is 1. The zero-order chi connectivity index (χ0) is 20.9. The molecule has 0 saturated heterocycles. The van der Waals surface area contributed by atoms with E-state index in [4.69, 9.17) is 9.47 Å². The number of methoxy groups -OCH3 is 1. The van der Waals surface area contributed by atoms with Gasteiger partial charge in [-0.2, -0.15) is 0 Å². The van der Waals surface area contributed by atoms with Crippen LogP contribution >= 0.6 is 0 Å². The van der Waals surface area contributed by atoms with Crippen LogP contribution in [0, 0.1) is 0 Å². The molecule has 7 nitrogen and oxygen atoms in total. The Morgan fingerprint density at radius 2 is 1.83 bits per heavy atom. The molecule has 0 radical (unpaired) electrons. The van der Waals surface area contributed by atoms with E-state index in [2.05, 4.69) is 15.3 Å². The van der Waals surface area contributed by atoms with Gasteiger partial charge < -0.3 is 9.47 Å². The molecule has 0 unspecified atom stereocenters. The summed E-state index contributed by atoms with van der Waals surface area (Å²) in [6.45, 7) is -0.155. The number of benzene rings is 2. The van der Waals surface area contributed by atoms with Gasteiger partial charge in [-0.15, -0.1) is 0 Å². The molecule has 1 N–H and O–H groups in total. The summed E-state index contributed by atoms with van der Waals surface area (Å²) in [6.07, 6.45) is 2.49. The van der Waals surface area contributed by atoms with Crippen LogP contribution in [0.5, 0.6) is 11.5 Å². The summed E-state index contributed by atoms with van der Waals surface area (Å²) in [6, 6.07) is 16.8. The molecule has 3 aromatic rings. The Bertz CT molecular complexity index is 1050. The van der Waals surface area contributed by atoms with E-state index in [9.17, 15) is 9.59 Å². The van der Waals surface area contributed by atoms with Crippen LogP contribution in [0.3, 0.4) is 0 Å². The first-order chi connectivity index (χ1) is 14.6. The normalized spacial score (nSPS) is 15.2. The van der Waals surface area contributed by atoms with Crippen molar-refractivity contribution >= 4 is 17.6 Å². The van der Waals surface area contributed by atoms with Crippen LogP contribution in [0.4, 0.5) is 5.95 Å². The maximum absolute atomic E-state index is 12.6. The van der Waals surface area contributed by atoms with Crippen LogP contribution in [0.1, 0.15) is 34.0 Å². The molecule has 1 heterocycles. The second-order valence-corrected chi connectivity index (χ2v) is 7.01. The van der Waals surface area contributed by atoms with Crippen LogP contribution in [-0.2, 0) is 11.2 Å². The topological polar surface area (TPSA) is 90.4 Å². The van der Waals surface area contributed by atoms with Crippen LogP contribution in [0.2, 0.25) is 0 Å². The summed E-state index contributed by atoms with van der Waals surface area (Å²) >= 11 is 0. The maximum Gasteiger partial charge on any atom is 0.264 e. The summed E-state index contributed by atoms with van der Waals surface area (Å²) in [7, 11) is 1.62. The molecule has 0 fully saturated rings. The summed E-state index contributed by atoms with van der Waals surface area (Å²) in [5.74, 6) is 1.20. The lowest BCUT2D eigenvalue weighted by Crippen LogP contribution is -2.24. The van der Waals surface area contributed by atoms with Crippen molar-refractivity contribution in [3.05, 3.63) is 77.6 Å². The number of carbonyl (C=O) groups is 2. The van der Waals surface area contributed by atoms with E-state index < -0.39 is 0 Å². The van der Waals surface area contributed by atoms with Gasteiger partial charge in [0.05, 0.1) is 18.4 Å². The number of fused-ring (bicyclic) bond motifs is 1. The van der Waals surface area contributed by atoms with Gasteiger partial charge in [-0.25, -0.2) is 9.97 Å². The molecule has 0 aliphatic heterocycles. The van der Waals surface area contributed by atoms with Gasteiger partial charge in [0.15, 0.2) is 12.4 Å². The fourth-order valence-corrected chi connectivity index (χ4v) is 3.44. The lowest BCUT2D eigenvalue weighted by molar-refractivity contribution is -0.118. The molecular formula is C23H21N3O4. The van der Waals surface area contributed by atoms with Crippen molar-refractivity contribution in [1.29, 1.82) is 0 Å². The van der Waals surface area contributed by atoms with E-state index in [1.165, 1.54) is 6.20 Å². The standard InChI is InChI=1S/C23H21N3O4/c1-29-17-9-7-15(8-10-17)16-11-20-19(21(27)12-16)13-24-23(25-20)26-22(28)14-30-18-5-3-2-4-6-18/h2-10,13,16H,11-12,14H2,1H3,(H,24,25,26,28)/t16-/m0/s1. The SMILES string of the molecule is COc1ccc([C@@H]2CC(=O)c3cnc(NC(=O)COc4ccccc4)nc3C2)cc1. The number of ether oxygens (including phenoxy) is 2. The van der Waals surface area contributed by atoms with Crippen LogP contribution in [0.15, 0.2) is 60.8 Å². The summed E-state index contributed by atoms with van der Waals surface area (Å²) in [4.78, 5) is 33.3. The highest BCUT2D eigenvalue weighted by atomic mass is 16.5. The van der Waals surface area contributed by atoms with E-state index >= 15 is 0 Å². The Morgan fingerprint density at radius 1 is 1.07 bits per heavy atom. The molecule has 152 valence electrons. The Labute approximate surface area is 174 Å². The van der Waals surface area contributed by atoms with Crippen molar-refractivity contribution in [3.8, 4) is 11.5 Å². The quantitative estimate of drug-likeness (QED) is 0.678. The molecule has 30 heavy (non-hydrogen) atoms. The number of ketones is 1. The third kappa shape index (κ3) is 4.46. The number of anilines is 1. The Morgan fingerprint density at radius 3 is 2.57 bits per heavy atom. The maximum atomic E-state index is 12.6. The first kappa shape index (κ1) is 19.6. The number of hydrogen-bond donors (Lipinski definition) is 1. The van der Waals surface area contributed by atoms with Crippen LogP contribution in [-0.4, -0.2) is 35.4 Å². The summed E-state index contributed by atoms with van der Waals surface area (Å²) < 4.78 is 10.6. The monoisotopic (exact) mass is 403 g/mol. The molecule has 1 atom stereocenters. The summed E-state index contributed by atoms with van der Waals surface area (Å²) in [5.41, 5.74) is 2.20. The summed E-state index contributed by atoms with van der Waals surface area (Å²) in [5, 5.41) is 2.63. The number of aromatic nitrogens is 2. The molecular weight excluding hydrogens is 382 g/mol. The number of rotatable bonds is 6. The molecule has 1 aliphatic carbocycles. The van der Waals surface area contributed by atoms with Gasteiger partial charge in [-0.3, -0.25) is 14.9 Å². The van der Waals surface area contributed by atoms with Crippen LogP contribution in [0.25, 0.3) is 0 Å². The smallest absolute Gasteiger partial charge is 0.264 e. The minimum atomic E-state index is -0.368. The molecule has 2 aromatic carbocycles. The lowest BCUT2D eigenvalue weighted by Gasteiger charge is -2.23. The average molecular weight is 403 g/mol.